The van der Waals surface area contributed by atoms with E-state index in [1.54, 1.807) is 0 Å². The van der Waals surface area contributed by atoms with Crippen molar-refractivity contribution in [2.24, 2.45) is 0 Å². The van der Waals surface area contributed by atoms with Crippen LogP contribution in [0.5, 0.6) is 0 Å². The highest BCUT2D eigenvalue weighted by Gasteiger charge is 2.37. The zero-order valence-corrected chi connectivity index (χ0v) is 24.2. The van der Waals surface area contributed by atoms with E-state index in [9.17, 15) is 0 Å². The summed E-state index contributed by atoms with van der Waals surface area (Å²) in [7, 11) is 0. The Balaban J connectivity index is 1.37. The number of aromatic nitrogens is 1. The maximum atomic E-state index is 2.51. The summed E-state index contributed by atoms with van der Waals surface area (Å²) in [6.07, 6.45) is 0. The van der Waals surface area contributed by atoms with E-state index < -0.39 is 0 Å². The van der Waals surface area contributed by atoms with Gasteiger partial charge in [-0.2, -0.15) is 23.2 Å². The third-order valence-electron chi connectivity index (χ3n) is 8.66. The van der Waals surface area contributed by atoms with Gasteiger partial charge in [-0.05, 0) is 76.2 Å². The molecular formula is C36H20BNS3. The van der Waals surface area contributed by atoms with E-state index in [1.165, 1.54) is 85.2 Å². The molecule has 0 saturated carbocycles. The Morgan fingerprint density at radius 3 is 1.88 bits per heavy atom. The number of rotatable bonds is 1. The molecule has 0 fully saturated rings. The Kier molecular flexibility index (Phi) is 4.62. The summed E-state index contributed by atoms with van der Waals surface area (Å²) < 4.78 is 5.21. The van der Waals surface area contributed by atoms with Gasteiger partial charge in [0, 0.05) is 46.4 Å². The van der Waals surface area contributed by atoms with Gasteiger partial charge < -0.3 is 4.57 Å². The van der Waals surface area contributed by atoms with E-state index in [4.69, 9.17) is 0 Å². The molecule has 0 saturated heterocycles. The fourth-order valence-corrected chi connectivity index (χ4v) is 11.0. The highest BCUT2D eigenvalue weighted by molar-refractivity contribution is 8.56. The van der Waals surface area contributed by atoms with E-state index >= 15 is 0 Å². The smallest absolute Gasteiger partial charge is 0.309 e. The second kappa shape index (κ2) is 8.33. The van der Waals surface area contributed by atoms with Crippen LogP contribution in [0.15, 0.2) is 131 Å². The first-order chi connectivity index (χ1) is 20.3. The predicted octanol–water partition coefficient (Wildman–Crippen LogP) is 10.4. The molecule has 4 heterocycles. The summed E-state index contributed by atoms with van der Waals surface area (Å²) in [5.41, 5.74) is 10.6. The Hall–Kier alpha value is -3.90. The lowest BCUT2D eigenvalue weighted by Gasteiger charge is -2.32. The fourth-order valence-electron chi connectivity index (χ4n) is 6.98. The first-order valence-electron chi connectivity index (χ1n) is 13.9. The van der Waals surface area contributed by atoms with Crippen molar-refractivity contribution in [3.8, 4) is 27.9 Å². The molecule has 0 bridgehead atoms. The summed E-state index contributed by atoms with van der Waals surface area (Å²) >= 11 is 5.89. The Labute approximate surface area is 249 Å². The lowest BCUT2D eigenvalue weighted by atomic mass is 9.77. The van der Waals surface area contributed by atoms with Gasteiger partial charge in [0.2, 0.25) is 0 Å². The van der Waals surface area contributed by atoms with Gasteiger partial charge >= 0.3 is 5.27 Å². The zero-order chi connectivity index (χ0) is 26.7. The van der Waals surface area contributed by atoms with E-state index in [2.05, 4.69) is 126 Å². The minimum absolute atomic E-state index is 0.355. The summed E-state index contributed by atoms with van der Waals surface area (Å²) in [5, 5.41) is 5.75. The van der Waals surface area contributed by atoms with Crippen molar-refractivity contribution in [2.75, 3.05) is 0 Å². The van der Waals surface area contributed by atoms with Crippen molar-refractivity contribution in [2.45, 2.75) is 9.79 Å². The zero-order valence-electron chi connectivity index (χ0n) is 21.8. The first-order valence-corrected chi connectivity index (χ1v) is 16.4. The first kappa shape index (κ1) is 22.8. The van der Waals surface area contributed by atoms with Gasteiger partial charge in [0.15, 0.2) is 0 Å². The maximum Gasteiger partial charge on any atom is 0.318 e. The molecular weight excluding hydrogens is 553 g/mol. The molecule has 190 valence electrons. The second-order valence-corrected chi connectivity index (χ2v) is 14.5. The topological polar surface area (TPSA) is 4.93 Å². The van der Waals surface area contributed by atoms with Gasteiger partial charge in [-0.15, -0.1) is 11.3 Å². The van der Waals surface area contributed by atoms with Crippen molar-refractivity contribution in [1.29, 1.82) is 0 Å². The van der Waals surface area contributed by atoms with E-state index in [-0.39, 0.29) is 0 Å². The molecule has 2 aliphatic heterocycles. The number of para-hydroxylation sites is 1. The van der Waals surface area contributed by atoms with Crippen molar-refractivity contribution in [3.05, 3.63) is 121 Å². The molecule has 41 heavy (non-hydrogen) atoms. The quantitative estimate of drug-likeness (QED) is 0.180. The number of fused-ring (bicyclic) bond motifs is 11. The molecule has 2 aliphatic rings. The van der Waals surface area contributed by atoms with Gasteiger partial charge in [-0.3, -0.25) is 0 Å². The molecule has 0 spiro atoms. The molecule has 8 aromatic rings. The summed E-state index contributed by atoms with van der Waals surface area (Å²) in [6.45, 7) is 0. The molecule has 0 amide bonds. The molecule has 0 aliphatic carbocycles. The van der Waals surface area contributed by atoms with Crippen LogP contribution < -0.4 is 5.46 Å². The molecule has 10 rings (SSSR count). The normalized spacial score (nSPS) is 13.6. The molecule has 2 aromatic heterocycles. The average Bonchev–Trinajstić information content (AvgIpc) is 3.56. The molecule has 0 N–H and O–H groups in total. The number of nitrogens with zero attached hydrogens (tertiary/aromatic N) is 1. The van der Waals surface area contributed by atoms with Crippen LogP contribution >= 0.6 is 34.6 Å². The standard InChI is InChI=1S/C36H20BNS3/c1-5-13-28-24(11-1)34-29(17-18-33-35(34)25-12-4-6-14-30(25)39-33)38(28)21-19-26-22-9-2-7-15-31(22)40-37-36(26)27(20-21)23-10-3-8-16-32(23)41-37/h1-20H. The molecule has 6 aromatic carbocycles. The van der Waals surface area contributed by atoms with Crippen molar-refractivity contribution in [3.63, 3.8) is 0 Å². The van der Waals surface area contributed by atoms with Crippen LogP contribution in [0.3, 0.4) is 0 Å². The molecule has 0 unspecified atom stereocenters. The molecule has 0 radical (unpaired) electrons. The highest BCUT2D eigenvalue weighted by atomic mass is 32.2. The number of hydrogen-bond donors (Lipinski definition) is 0. The Morgan fingerprint density at radius 2 is 1.12 bits per heavy atom. The maximum absolute atomic E-state index is 2.51. The van der Waals surface area contributed by atoms with Crippen molar-refractivity contribution < 1.29 is 0 Å². The van der Waals surface area contributed by atoms with Gasteiger partial charge in [0.1, 0.15) is 0 Å². The number of benzene rings is 6. The van der Waals surface area contributed by atoms with Gasteiger partial charge in [0.05, 0.1) is 11.0 Å². The van der Waals surface area contributed by atoms with Crippen LogP contribution in [-0.4, -0.2) is 9.84 Å². The Morgan fingerprint density at radius 1 is 0.488 bits per heavy atom. The van der Waals surface area contributed by atoms with Gasteiger partial charge in [-0.1, -0.05) is 72.8 Å². The fraction of sp³-hybridized carbons (Fsp3) is 0. The molecule has 0 atom stereocenters. The lowest BCUT2D eigenvalue weighted by molar-refractivity contribution is 1.18. The largest absolute Gasteiger partial charge is 0.318 e. The summed E-state index contributed by atoms with van der Waals surface area (Å²) in [5.74, 6) is 0. The SMILES string of the molecule is c1ccc2c(c1)SB1Sc3ccccc3-c3cc(-n4c5ccccc5c5c6c(ccc54)sc4ccccc46)cc-2c31. The number of thiophene rings is 1. The van der Waals surface area contributed by atoms with E-state index in [0.29, 0.717) is 5.27 Å². The third kappa shape index (κ3) is 3.06. The van der Waals surface area contributed by atoms with Gasteiger partial charge in [-0.25, -0.2) is 0 Å². The summed E-state index contributed by atoms with van der Waals surface area (Å²) in [4.78, 5) is 2.74. The lowest BCUT2D eigenvalue weighted by Crippen LogP contribution is -2.33. The van der Waals surface area contributed by atoms with Crippen LogP contribution in [0.2, 0.25) is 0 Å². The minimum Gasteiger partial charge on any atom is -0.309 e. The monoisotopic (exact) mass is 573 g/mol. The van der Waals surface area contributed by atoms with Crippen LogP contribution in [-0.2, 0) is 0 Å². The Bertz CT molecular complexity index is 2330. The van der Waals surface area contributed by atoms with Gasteiger partial charge in [0.25, 0.3) is 0 Å². The predicted molar refractivity (Wildman–Crippen MR) is 182 cm³/mol. The highest BCUT2D eigenvalue weighted by Crippen LogP contribution is 2.50. The number of hydrogen-bond acceptors (Lipinski definition) is 3. The minimum atomic E-state index is 0.355. The van der Waals surface area contributed by atoms with Crippen LogP contribution in [0.4, 0.5) is 0 Å². The van der Waals surface area contributed by atoms with E-state index in [0.717, 1.165) is 0 Å². The molecule has 1 nitrogen and oxygen atoms in total. The average molecular weight is 574 g/mol. The summed E-state index contributed by atoms with van der Waals surface area (Å²) in [6, 6.07) is 45.3. The van der Waals surface area contributed by atoms with Crippen LogP contribution in [0, 0.1) is 0 Å². The molecule has 5 heteroatoms. The van der Waals surface area contributed by atoms with Crippen molar-refractivity contribution in [1.82, 2.24) is 4.57 Å². The van der Waals surface area contributed by atoms with Crippen LogP contribution in [0.1, 0.15) is 0 Å². The third-order valence-corrected chi connectivity index (χ3v) is 12.5. The second-order valence-electron chi connectivity index (χ2n) is 10.8. The van der Waals surface area contributed by atoms with E-state index in [1.807, 2.05) is 34.6 Å². The van der Waals surface area contributed by atoms with Crippen molar-refractivity contribution >= 4 is 87.3 Å². The van der Waals surface area contributed by atoms with Crippen LogP contribution in [0.25, 0.3) is 69.9 Å².